The maximum atomic E-state index is 14.4. The van der Waals surface area contributed by atoms with Crippen molar-refractivity contribution in [1.29, 1.82) is 0 Å². The van der Waals surface area contributed by atoms with Crippen LogP contribution in [0.15, 0.2) is 66.7 Å². The first kappa shape index (κ1) is 28.4. The van der Waals surface area contributed by atoms with Crippen molar-refractivity contribution in [3.05, 3.63) is 94.2 Å². The highest BCUT2D eigenvalue weighted by molar-refractivity contribution is 7.88. The Morgan fingerprint density at radius 2 is 1.90 bits per heavy atom. The maximum Gasteiger partial charge on any atom is 0.276 e. The van der Waals surface area contributed by atoms with Gasteiger partial charge >= 0.3 is 0 Å². The highest BCUT2D eigenvalue weighted by Gasteiger charge is 2.30. The van der Waals surface area contributed by atoms with Gasteiger partial charge in [-0.05, 0) is 61.2 Å². The predicted octanol–water partition coefficient (Wildman–Crippen LogP) is 5.17. The number of thiophene rings is 1. The van der Waals surface area contributed by atoms with Crippen LogP contribution in [0.5, 0.6) is 0 Å². The fourth-order valence-electron chi connectivity index (χ4n) is 5.54. The molecule has 1 fully saturated rings. The van der Waals surface area contributed by atoms with Crippen molar-refractivity contribution in [2.24, 2.45) is 0 Å². The molecule has 0 saturated carbocycles. The Morgan fingerprint density at radius 1 is 1.10 bits per heavy atom. The van der Waals surface area contributed by atoms with Gasteiger partial charge in [0.25, 0.3) is 11.8 Å². The van der Waals surface area contributed by atoms with Crippen LogP contribution in [0, 0.1) is 12.7 Å². The zero-order chi connectivity index (χ0) is 29.4. The third-order valence-corrected chi connectivity index (χ3v) is 9.46. The Balaban J connectivity index is 1.25. The normalized spacial score (nSPS) is 16.9. The molecule has 2 aliphatic heterocycles. The number of benzene rings is 2. The molecule has 0 bridgehead atoms. The third kappa shape index (κ3) is 5.65. The first-order chi connectivity index (χ1) is 20.3. The van der Waals surface area contributed by atoms with E-state index in [1.54, 1.807) is 36.3 Å². The molecule has 2 aromatic heterocycles. The summed E-state index contributed by atoms with van der Waals surface area (Å²) in [5, 5.41) is 2.73. The number of amides is 2. The summed E-state index contributed by atoms with van der Waals surface area (Å²) in [5.74, 6) is -0.319. The Labute approximate surface area is 250 Å². The molecule has 2 N–H and O–H groups in total. The van der Waals surface area contributed by atoms with Gasteiger partial charge in [0.15, 0.2) is 0 Å². The van der Waals surface area contributed by atoms with E-state index >= 15 is 0 Å². The molecule has 1 unspecified atom stereocenters. The smallest absolute Gasteiger partial charge is 0.276 e. The molecular weight excluding hydrogens is 574 g/mol. The van der Waals surface area contributed by atoms with Gasteiger partial charge in [-0.15, -0.1) is 16.1 Å². The lowest BCUT2D eigenvalue weighted by atomic mass is 10.1. The first-order valence-electron chi connectivity index (χ1n) is 13.7. The standard InChI is InChI=1S/C31H30FN5O3S2/c1-19-7-5-9-23(32)28(19)34-30(38)26-17-20-13-16-37(25-11-4-3-8-22(25)29(20)41-26)31(39)24-10-6-12-27(33-24)36-15-14-21(18-36)35-42(2)40/h3-12,17,21,35H,13-16,18H2,1-2H3,(H,34,38)/t21-,42?/m0/s1. The van der Waals surface area contributed by atoms with Crippen LogP contribution < -0.4 is 19.8 Å². The molecule has 4 heterocycles. The van der Waals surface area contributed by atoms with Crippen LogP contribution >= 0.6 is 11.3 Å². The van der Waals surface area contributed by atoms with E-state index in [-0.39, 0.29) is 23.5 Å². The molecule has 11 heteroatoms. The highest BCUT2D eigenvalue weighted by atomic mass is 32.2. The van der Waals surface area contributed by atoms with Gasteiger partial charge in [-0.1, -0.05) is 36.4 Å². The van der Waals surface area contributed by atoms with Crippen LogP contribution in [0.25, 0.3) is 10.4 Å². The monoisotopic (exact) mass is 603 g/mol. The number of para-hydroxylation sites is 2. The molecule has 0 spiro atoms. The van der Waals surface area contributed by atoms with Crippen LogP contribution in [0.1, 0.15) is 37.7 Å². The number of rotatable bonds is 6. The summed E-state index contributed by atoms with van der Waals surface area (Å²) in [4.78, 5) is 37.0. The van der Waals surface area contributed by atoms with Crippen molar-refractivity contribution in [2.75, 3.05) is 41.0 Å². The van der Waals surface area contributed by atoms with Gasteiger partial charge in [-0.2, -0.15) is 0 Å². The van der Waals surface area contributed by atoms with Crippen molar-refractivity contribution in [2.45, 2.75) is 25.8 Å². The average molecular weight is 604 g/mol. The fourth-order valence-corrected chi connectivity index (χ4v) is 7.34. The molecule has 216 valence electrons. The second-order valence-corrected chi connectivity index (χ2v) is 12.7. The van der Waals surface area contributed by atoms with Crippen LogP contribution in [0.4, 0.5) is 21.6 Å². The predicted molar refractivity (Wildman–Crippen MR) is 166 cm³/mol. The molecule has 0 radical (unpaired) electrons. The van der Waals surface area contributed by atoms with Gasteiger partial charge in [-0.3, -0.25) is 9.59 Å². The number of hydrogen-bond acceptors (Lipinski definition) is 7. The summed E-state index contributed by atoms with van der Waals surface area (Å²) >= 11 is 0.253. The Morgan fingerprint density at radius 3 is 2.71 bits per heavy atom. The van der Waals surface area contributed by atoms with Gasteiger partial charge in [0.1, 0.15) is 23.6 Å². The van der Waals surface area contributed by atoms with Gasteiger partial charge in [0, 0.05) is 41.4 Å². The van der Waals surface area contributed by atoms with Crippen molar-refractivity contribution < 1.29 is 18.5 Å². The number of halogens is 1. The van der Waals surface area contributed by atoms with Crippen molar-refractivity contribution in [1.82, 2.24) is 9.71 Å². The fraction of sp³-hybridized carbons (Fsp3) is 0.258. The largest absolute Gasteiger partial charge is 0.598 e. The van der Waals surface area contributed by atoms with E-state index < -0.39 is 17.2 Å². The van der Waals surface area contributed by atoms with Gasteiger partial charge in [0.05, 0.1) is 22.3 Å². The van der Waals surface area contributed by atoms with Crippen LogP contribution in [-0.4, -0.2) is 53.3 Å². The maximum absolute atomic E-state index is 14.4. The average Bonchev–Trinajstić information content (AvgIpc) is 3.59. The zero-order valence-corrected chi connectivity index (χ0v) is 24.9. The number of anilines is 3. The molecular formula is C31H30FN5O3S2. The lowest BCUT2D eigenvalue weighted by Crippen LogP contribution is -2.36. The number of pyridine rings is 1. The molecule has 2 amide bonds. The topological polar surface area (TPSA) is 101 Å². The first-order valence-corrected chi connectivity index (χ1v) is 16.1. The summed E-state index contributed by atoms with van der Waals surface area (Å²) < 4.78 is 29.0. The number of hydrogen-bond donors (Lipinski definition) is 2. The van der Waals surface area contributed by atoms with Crippen molar-refractivity contribution >= 4 is 51.7 Å². The van der Waals surface area contributed by atoms with E-state index in [1.165, 1.54) is 17.4 Å². The van der Waals surface area contributed by atoms with E-state index in [4.69, 9.17) is 4.98 Å². The van der Waals surface area contributed by atoms with E-state index in [0.717, 1.165) is 40.5 Å². The van der Waals surface area contributed by atoms with E-state index in [1.807, 2.05) is 42.5 Å². The molecule has 0 aliphatic carbocycles. The van der Waals surface area contributed by atoms with E-state index in [2.05, 4.69) is 14.9 Å². The van der Waals surface area contributed by atoms with Gasteiger partial charge in [0.2, 0.25) is 0 Å². The quantitative estimate of drug-likeness (QED) is 0.295. The van der Waals surface area contributed by atoms with Gasteiger partial charge in [-0.25, -0.2) is 9.37 Å². The van der Waals surface area contributed by atoms with Crippen LogP contribution in [-0.2, 0) is 17.8 Å². The van der Waals surface area contributed by atoms with Crippen molar-refractivity contribution in [3.8, 4) is 10.4 Å². The lowest BCUT2D eigenvalue weighted by molar-refractivity contribution is 0.0981. The molecule has 2 aliphatic rings. The molecule has 1 saturated heterocycles. The summed E-state index contributed by atoms with van der Waals surface area (Å²) in [6, 6.07) is 19.8. The molecule has 6 rings (SSSR count). The lowest BCUT2D eigenvalue weighted by Gasteiger charge is -2.24. The molecule has 4 aromatic rings. The number of fused-ring (bicyclic) bond motifs is 3. The number of nitrogens with zero attached hydrogens (tertiary/aromatic N) is 3. The Kier molecular flexibility index (Phi) is 8.00. The molecule has 2 aromatic carbocycles. The molecule has 8 nitrogen and oxygen atoms in total. The molecule has 2 atom stereocenters. The number of aromatic nitrogens is 1. The van der Waals surface area contributed by atoms with Crippen LogP contribution in [0.3, 0.4) is 0 Å². The van der Waals surface area contributed by atoms with Gasteiger partial charge < -0.3 is 19.7 Å². The van der Waals surface area contributed by atoms with Crippen LogP contribution in [0.2, 0.25) is 0 Å². The summed E-state index contributed by atoms with van der Waals surface area (Å²) in [6.45, 7) is 3.60. The highest BCUT2D eigenvalue weighted by Crippen LogP contribution is 2.42. The number of aryl methyl sites for hydroxylation is 1. The zero-order valence-electron chi connectivity index (χ0n) is 23.2. The SMILES string of the molecule is Cc1cccc(F)c1NC(=O)c1cc2c(s1)-c1ccccc1N(C(=O)c1cccc(N3CC[C@H](N[S+](C)[O-])C3)n1)CC2. The minimum atomic E-state index is -1.09. The summed E-state index contributed by atoms with van der Waals surface area (Å²) in [7, 11) is 0. The second kappa shape index (κ2) is 11.8. The Hall–Kier alpha value is -3.77. The minimum absolute atomic E-state index is 0.108. The minimum Gasteiger partial charge on any atom is -0.598 e. The summed E-state index contributed by atoms with van der Waals surface area (Å²) in [6.07, 6.45) is 3.02. The second-order valence-electron chi connectivity index (χ2n) is 10.5. The number of nitrogens with one attached hydrogen (secondary N) is 2. The number of carbonyl (C=O) groups is 2. The molecule has 42 heavy (non-hydrogen) atoms. The van der Waals surface area contributed by atoms with E-state index in [0.29, 0.717) is 35.6 Å². The number of carbonyl (C=O) groups excluding carboxylic acids is 2. The van der Waals surface area contributed by atoms with Crippen molar-refractivity contribution in [3.63, 3.8) is 0 Å². The Bertz CT molecular complexity index is 1640. The summed E-state index contributed by atoms with van der Waals surface area (Å²) in [5.41, 5.74) is 3.76. The third-order valence-electron chi connectivity index (χ3n) is 7.58. The van der Waals surface area contributed by atoms with E-state index in [9.17, 15) is 18.5 Å².